The Kier molecular flexibility index (Phi) is 7.43. The molecule has 0 bridgehead atoms. The molecule has 1 aromatic carbocycles. The Morgan fingerprint density at radius 2 is 2.30 bits per heavy atom. The second kappa shape index (κ2) is 9.15. The van der Waals surface area contributed by atoms with E-state index in [1.807, 2.05) is 31.2 Å². The number of aliphatic hydroxyl groups is 1. The van der Waals surface area contributed by atoms with Crippen LogP contribution < -0.4 is 10.1 Å². The first-order chi connectivity index (χ1) is 9.65. The van der Waals surface area contributed by atoms with Gasteiger partial charge in [-0.2, -0.15) is 0 Å². The van der Waals surface area contributed by atoms with Gasteiger partial charge in [-0.3, -0.25) is 4.79 Å². The molecule has 0 saturated carbocycles. The van der Waals surface area contributed by atoms with E-state index in [0.717, 1.165) is 24.2 Å². The van der Waals surface area contributed by atoms with E-state index >= 15 is 0 Å². The SMILES string of the molecule is COc1cccc(/C=C/C(=O)NCCCC(C)CO)c1. The predicted molar refractivity (Wildman–Crippen MR) is 80.5 cm³/mol. The first kappa shape index (κ1) is 16.2. The highest BCUT2D eigenvalue weighted by atomic mass is 16.5. The first-order valence-electron chi connectivity index (χ1n) is 6.86. The summed E-state index contributed by atoms with van der Waals surface area (Å²) < 4.78 is 5.12. The van der Waals surface area contributed by atoms with Crippen molar-refractivity contribution in [3.8, 4) is 5.75 Å². The summed E-state index contributed by atoms with van der Waals surface area (Å²) in [5.74, 6) is 0.953. The van der Waals surface area contributed by atoms with Crippen molar-refractivity contribution in [2.24, 2.45) is 5.92 Å². The van der Waals surface area contributed by atoms with Gasteiger partial charge in [-0.05, 0) is 42.5 Å². The van der Waals surface area contributed by atoms with Gasteiger partial charge in [-0.25, -0.2) is 0 Å². The van der Waals surface area contributed by atoms with E-state index in [-0.39, 0.29) is 12.5 Å². The third-order valence-electron chi connectivity index (χ3n) is 3.01. The van der Waals surface area contributed by atoms with Crippen molar-refractivity contribution in [2.75, 3.05) is 20.3 Å². The summed E-state index contributed by atoms with van der Waals surface area (Å²) in [7, 11) is 1.61. The lowest BCUT2D eigenvalue weighted by atomic mass is 10.1. The smallest absolute Gasteiger partial charge is 0.243 e. The average Bonchev–Trinajstić information content (AvgIpc) is 2.49. The Labute approximate surface area is 120 Å². The first-order valence-corrected chi connectivity index (χ1v) is 6.86. The molecule has 0 saturated heterocycles. The van der Waals surface area contributed by atoms with Crippen LogP contribution in [0.3, 0.4) is 0 Å². The van der Waals surface area contributed by atoms with Gasteiger partial charge in [0.25, 0.3) is 0 Å². The van der Waals surface area contributed by atoms with Crippen LogP contribution in [0.5, 0.6) is 5.75 Å². The Balaban J connectivity index is 2.32. The zero-order valence-electron chi connectivity index (χ0n) is 12.1. The molecule has 1 aromatic rings. The number of ether oxygens (including phenoxy) is 1. The summed E-state index contributed by atoms with van der Waals surface area (Å²) in [6.45, 7) is 2.82. The monoisotopic (exact) mass is 277 g/mol. The van der Waals surface area contributed by atoms with E-state index in [1.165, 1.54) is 6.08 Å². The molecule has 0 aliphatic heterocycles. The molecule has 4 nitrogen and oxygen atoms in total. The predicted octanol–water partition coefficient (Wildman–Crippen LogP) is 2.23. The van der Waals surface area contributed by atoms with Crippen LogP contribution in [-0.4, -0.2) is 31.3 Å². The lowest BCUT2D eigenvalue weighted by molar-refractivity contribution is -0.116. The zero-order chi connectivity index (χ0) is 14.8. The van der Waals surface area contributed by atoms with Crippen molar-refractivity contribution in [3.05, 3.63) is 35.9 Å². The maximum absolute atomic E-state index is 11.6. The molecule has 20 heavy (non-hydrogen) atoms. The van der Waals surface area contributed by atoms with E-state index in [4.69, 9.17) is 9.84 Å². The summed E-state index contributed by atoms with van der Waals surface area (Å²) >= 11 is 0. The minimum Gasteiger partial charge on any atom is -0.497 e. The fourth-order valence-electron chi connectivity index (χ4n) is 1.73. The van der Waals surface area contributed by atoms with E-state index < -0.39 is 0 Å². The lowest BCUT2D eigenvalue weighted by Gasteiger charge is -2.07. The molecular weight excluding hydrogens is 254 g/mol. The summed E-state index contributed by atoms with van der Waals surface area (Å²) in [4.78, 5) is 11.6. The number of rotatable bonds is 8. The van der Waals surface area contributed by atoms with Crippen molar-refractivity contribution in [1.82, 2.24) is 5.32 Å². The molecular formula is C16H23NO3. The van der Waals surface area contributed by atoms with Crippen molar-refractivity contribution >= 4 is 12.0 Å². The molecule has 4 heteroatoms. The van der Waals surface area contributed by atoms with Crippen molar-refractivity contribution in [1.29, 1.82) is 0 Å². The fourth-order valence-corrected chi connectivity index (χ4v) is 1.73. The quantitative estimate of drug-likeness (QED) is 0.566. The van der Waals surface area contributed by atoms with E-state index in [2.05, 4.69) is 5.32 Å². The van der Waals surface area contributed by atoms with Crippen LogP contribution >= 0.6 is 0 Å². The van der Waals surface area contributed by atoms with Crippen LogP contribution in [0, 0.1) is 5.92 Å². The molecule has 1 unspecified atom stereocenters. The second-order valence-corrected chi connectivity index (χ2v) is 4.83. The molecule has 110 valence electrons. The number of methoxy groups -OCH3 is 1. The van der Waals surface area contributed by atoms with Gasteiger partial charge in [0.05, 0.1) is 7.11 Å². The molecule has 0 aromatic heterocycles. The Hall–Kier alpha value is -1.81. The van der Waals surface area contributed by atoms with Gasteiger partial charge >= 0.3 is 0 Å². The van der Waals surface area contributed by atoms with E-state index in [9.17, 15) is 4.79 Å². The van der Waals surface area contributed by atoms with Gasteiger partial charge in [0.1, 0.15) is 5.75 Å². The summed E-state index contributed by atoms with van der Waals surface area (Å²) in [6.07, 6.45) is 5.06. The zero-order valence-corrected chi connectivity index (χ0v) is 12.1. The van der Waals surface area contributed by atoms with Gasteiger partial charge in [-0.1, -0.05) is 19.1 Å². The summed E-state index contributed by atoms with van der Waals surface area (Å²) in [5, 5.41) is 11.7. The van der Waals surface area contributed by atoms with E-state index in [0.29, 0.717) is 12.5 Å². The minimum atomic E-state index is -0.107. The summed E-state index contributed by atoms with van der Waals surface area (Å²) in [6, 6.07) is 7.52. The maximum atomic E-state index is 11.6. The Morgan fingerprint density at radius 3 is 3.00 bits per heavy atom. The van der Waals surface area contributed by atoms with Gasteiger partial charge < -0.3 is 15.2 Å². The number of amides is 1. The van der Waals surface area contributed by atoms with Crippen molar-refractivity contribution in [2.45, 2.75) is 19.8 Å². The normalized spacial score (nSPS) is 12.3. The van der Waals surface area contributed by atoms with Crippen LogP contribution in [-0.2, 0) is 4.79 Å². The average molecular weight is 277 g/mol. The molecule has 0 fully saturated rings. The third-order valence-corrected chi connectivity index (χ3v) is 3.01. The number of carbonyl (C=O) groups excluding carboxylic acids is 1. The Bertz CT molecular complexity index is 443. The van der Waals surface area contributed by atoms with Gasteiger partial charge in [0, 0.05) is 19.2 Å². The highest BCUT2D eigenvalue weighted by Crippen LogP contribution is 2.13. The third kappa shape index (κ3) is 6.38. The molecule has 0 spiro atoms. The summed E-state index contributed by atoms with van der Waals surface area (Å²) in [5.41, 5.74) is 0.924. The molecule has 0 aliphatic carbocycles. The number of benzene rings is 1. The minimum absolute atomic E-state index is 0.107. The van der Waals surface area contributed by atoms with Gasteiger partial charge in [-0.15, -0.1) is 0 Å². The maximum Gasteiger partial charge on any atom is 0.243 e. The number of carbonyl (C=O) groups is 1. The molecule has 2 N–H and O–H groups in total. The van der Waals surface area contributed by atoms with Crippen LogP contribution in [0.25, 0.3) is 6.08 Å². The van der Waals surface area contributed by atoms with Crippen LogP contribution in [0.1, 0.15) is 25.3 Å². The molecule has 1 atom stereocenters. The molecule has 0 heterocycles. The fraction of sp³-hybridized carbons (Fsp3) is 0.438. The molecule has 1 rings (SSSR count). The van der Waals surface area contributed by atoms with Gasteiger partial charge in [0.15, 0.2) is 0 Å². The van der Waals surface area contributed by atoms with Crippen molar-refractivity contribution < 1.29 is 14.6 Å². The molecule has 0 aliphatic rings. The largest absolute Gasteiger partial charge is 0.497 e. The second-order valence-electron chi connectivity index (χ2n) is 4.83. The number of aliphatic hydroxyl groups excluding tert-OH is 1. The van der Waals surface area contributed by atoms with Crippen LogP contribution in [0.2, 0.25) is 0 Å². The van der Waals surface area contributed by atoms with Crippen LogP contribution in [0.4, 0.5) is 0 Å². The lowest BCUT2D eigenvalue weighted by Crippen LogP contribution is -2.22. The number of hydrogen-bond donors (Lipinski definition) is 2. The highest BCUT2D eigenvalue weighted by Gasteiger charge is 2.00. The van der Waals surface area contributed by atoms with Crippen molar-refractivity contribution in [3.63, 3.8) is 0 Å². The topological polar surface area (TPSA) is 58.6 Å². The number of hydrogen-bond acceptors (Lipinski definition) is 3. The molecule has 1 amide bonds. The van der Waals surface area contributed by atoms with Gasteiger partial charge in [0.2, 0.25) is 5.91 Å². The standard InChI is InChI=1S/C16H23NO3/c1-13(12-18)5-4-10-17-16(19)9-8-14-6-3-7-15(11-14)20-2/h3,6-9,11,13,18H,4-5,10,12H2,1-2H3,(H,17,19)/b9-8+. The highest BCUT2D eigenvalue weighted by molar-refractivity contribution is 5.91. The molecule has 0 radical (unpaired) electrons. The Morgan fingerprint density at radius 1 is 1.50 bits per heavy atom. The number of nitrogens with one attached hydrogen (secondary N) is 1. The van der Waals surface area contributed by atoms with Crippen LogP contribution in [0.15, 0.2) is 30.3 Å². The van der Waals surface area contributed by atoms with E-state index in [1.54, 1.807) is 13.2 Å².